The molecule has 1 N–H and O–H groups in total. The summed E-state index contributed by atoms with van der Waals surface area (Å²) in [5.41, 5.74) is 1.16. The van der Waals surface area contributed by atoms with Gasteiger partial charge in [-0.1, -0.05) is 37.3 Å². The Labute approximate surface area is 148 Å². The molecule has 0 aliphatic heterocycles. The minimum atomic E-state index is -0.110. The van der Waals surface area contributed by atoms with Crippen LogP contribution in [0.25, 0.3) is 6.08 Å². The van der Waals surface area contributed by atoms with E-state index in [0.29, 0.717) is 25.7 Å². The van der Waals surface area contributed by atoms with E-state index in [0.717, 1.165) is 29.4 Å². The van der Waals surface area contributed by atoms with Crippen molar-refractivity contribution in [2.75, 3.05) is 13.2 Å². The summed E-state index contributed by atoms with van der Waals surface area (Å²) >= 11 is 0. The second-order valence-electron chi connectivity index (χ2n) is 6.58. The molecular weight excluding hydrogens is 314 g/mol. The minimum absolute atomic E-state index is 0.110. The van der Waals surface area contributed by atoms with Crippen LogP contribution in [0.4, 0.5) is 0 Å². The average molecular weight is 339 g/mol. The van der Waals surface area contributed by atoms with Crippen molar-refractivity contribution in [2.24, 2.45) is 5.92 Å². The van der Waals surface area contributed by atoms with Gasteiger partial charge in [-0.15, -0.1) is 0 Å². The van der Waals surface area contributed by atoms with Gasteiger partial charge in [0.2, 0.25) is 5.91 Å². The first-order valence-corrected chi connectivity index (χ1v) is 8.89. The van der Waals surface area contributed by atoms with Gasteiger partial charge >= 0.3 is 0 Å². The summed E-state index contributed by atoms with van der Waals surface area (Å²) in [6, 6.07) is 14.0. The van der Waals surface area contributed by atoms with Crippen molar-refractivity contribution in [2.45, 2.75) is 32.3 Å². The molecule has 0 spiro atoms. The SMILES string of the molecule is C[C@H]1C[C@@H]1c1ccc(/C=C/C(=O)NCCCOCc2ccccc2)o1. The monoisotopic (exact) mass is 339 g/mol. The molecule has 3 rings (SSSR count). The Morgan fingerprint density at radius 1 is 1.28 bits per heavy atom. The maximum atomic E-state index is 11.8. The van der Waals surface area contributed by atoms with Gasteiger partial charge in [-0.05, 0) is 42.5 Å². The highest BCUT2D eigenvalue weighted by atomic mass is 16.5. The number of carbonyl (C=O) groups excluding carboxylic acids is 1. The summed E-state index contributed by atoms with van der Waals surface area (Å²) in [6.07, 6.45) is 5.22. The summed E-state index contributed by atoms with van der Waals surface area (Å²) < 4.78 is 11.3. The van der Waals surface area contributed by atoms with Crippen molar-refractivity contribution in [1.82, 2.24) is 5.32 Å². The molecule has 132 valence electrons. The number of ether oxygens (including phenoxy) is 1. The van der Waals surface area contributed by atoms with Crippen LogP contribution < -0.4 is 5.32 Å². The van der Waals surface area contributed by atoms with Gasteiger partial charge in [0.15, 0.2) is 0 Å². The number of nitrogens with one attached hydrogen (secondary N) is 1. The Bertz CT molecular complexity index is 705. The second-order valence-corrected chi connectivity index (χ2v) is 6.58. The normalized spacial score (nSPS) is 19.2. The summed E-state index contributed by atoms with van der Waals surface area (Å²) in [7, 11) is 0. The minimum Gasteiger partial charge on any atom is -0.461 e. The van der Waals surface area contributed by atoms with E-state index in [9.17, 15) is 4.79 Å². The van der Waals surface area contributed by atoms with E-state index in [1.165, 1.54) is 12.5 Å². The molecular formula is C21H25NO3. The molecule has 0 radical (unpaired) electrons. The molecule has 1 aliphatic carbocycles. The molecule has 2 atom stereocenters. The second kappa shape index (κ2) is 8.67. The highest BCUT2D eigenvalue weighted by Gasteiger charge is 2.36. The first-order valence-electron chi connectivity index (χ1n) is 8.89. The fourth-order valence-corrected chi connectivity index (χ4v) is 2.74. The van der Waals surface area contributed by atoms with Crippen LogP contribution in [0.1, 0.15) is 42.8 Å². The molecule has 1 aliphatic rings. The lowest BCUT2D eigenvalue weighted by Gasteiger charge is -2.05. The van der Waals surface area contributed by atoms with Crippen molar-refractivity contribution < 1.29 is 13.9 Å². The summed E-state index contributed by atoms with van der Waals surface area (Å²) in [4.78, 5) is 11.8. The maximum Gasteiger partial charge on any atom is 0.244 e. The van der Waals surface area contributed by atoms with E-state index >= 15 is 0 Å². The Morgan fingerprint density at radius 2 is 2.08 bits per heavy atom. The zero-order chi connectivity index (χ0) is 17.5. The van der Waals surface area contributed by atoms with Gasteiger partial charge in [0, 0.05) is 25.1 Å². The van der Waals surface area contributed by atoms with E-state index in [4.69, 9.17) is 9.15 Å². The van der Waals surface area contributed by atoms with Gasteiger partial charge in [-0.2, -0.15) is 0 Å². The number of furan rings is 1. The van der Waals surface area contributed by atoms with Crippen molar-refractivity contribution >= 4 is 12.0 Å². The summed E-state index contributed by atoms with van der Waals surface area (Å²) in [5.74, 6) is 2.93. The van der Waals surface area contributed by atoms with Gasteiger partial charge in [-0.25, -0.2) is 0 Å². The van der Waals surface area contributed by atoms with Gasteiger partial charge < -0.3 is 14.5 Å². The zero-order valence-electron chi connectivity index (χ0n) is 14.6. The summed E-state index contributed by atoms with van der Waals surface area (Å²) in [6.45, 7) is 4.05. The molecule has 1 heterocycles. The van der Waals surface area contributed by atoms with Gasteiger partial charge in [-0.3, -0.25) is 4.79 Å². The van der Waals surface area contributed by atoms with Gasteiger partial charge in [0.25, 0.3) is 0 Å². The number of benzene rings is 1. The van der Waals surface area contributed by atoms with Crippen LogP contribution in [0.5, 0.6) is 0 Å². The van der Waals surface area contributed by atoms with Gasteiger partial charge in [0.05, 0.1) is 6.61 Å². The fraction of sp³-hybridized carbons (Fsp3) is 0.381. The van der Waals surface area contributed by atoms with E-state index in [1.807, 2.05) is 42.5 Å². The van der Waals surface area contributed by atoms with E-state index in [1.54, 1.807) is 6.08 Å². The highest BCUT2D eigenvalue weighted by Crippen LogP contribution is 2.47. The third kappa shape index (κ3) is 5.61. The smallest absolute Gasteiger partial charge is 0.244 e. The third-order valence-corrected chi connectivity index (χ3v) is 4.40. The first kappa shape index (κ1) is 17.5. The van der Waals surface area contributed by atoms with Crippen molar-refractivity contribution in [3.05, 3.63) is 65.6 Å². The molecule has 0 unspecified atom stereocenters. The Kier molecular flexibility index (Phi) is 6.07. The third-order valence-electron chi connectivity index (χ3n) is 4.40. The molecule has 1 fully saturated rings. The lowest BCUT2D eigenvalue weighted by Crippen LogP contribution is -2.23. The molecule has 2 aromatic rings. The molecule has 4 nitrogen and oxygen atoms in total. The molecule has 0 bridgehead atoms. The van der Waals surface area contributed by atoms with Crippen LogP contribution in [-0.4, -0.2) is 19.1 Å². The van der Waals surface area contributed by atoms with E-state index in [2.05, 4.69) is 12.2 Å². The lowest BCUT2D eigenvalue weighted by molar-refractivity contribution is -0.116. The Balaban J connectivity index is 1.28. The quantitative estimate of drug-likeness (QED) is 0.552. The topological polar surface area (TPSA) is 51.5 Å². The molecule has 0 saturated heterocycles. The van der Waals surface area contributed by atoms with Crippen LogP contribution in [0, 0.1) is 5.92 Å². The Morgan fingerprint density at radius 3 is 2.84 bits per heavy atom. The van der Waals surface area contributed by atoms with E-state index < -0.39 is 0 Å². The van der Waals surface area contributed by atoms with Crippen molar-refractivity contribution in [3.8, 4) is 0 Å². The number of carbonyl (C=O) groups is 1. The largest absolute Gasteiger partial charge is 0.461 e. The van der Waals surface area contributed by atoms with Crippen LogP contribution in [0.2, 0.25) is 0 Å². The molecule has 25 heavy (non-hydrogen) atoms. The fourth-order valence-electron chi connectivity index (χ4n) is 2.74. The molecule has 4 heteroatoms. The Hall–Kier alpha value is -2.33. The first-order chi connectivity index (χ1) is 12.2. The lowest BCUT2D eigenvalue weighted by atomic mass is 10.2. The number of hydrogen-bond donors (Lipinski definition) is 1. The summed E-state index contributed by atoms with van der Waals surface area (Å²) in [5, 5.41) is 2.85. The average Bonchev–Trinajstić information content (AvgIpc) is 3.17. The maximum absolute atomic E-state index is 11.8. The predicted molar refractivity (Wildman–Crippen MR) is 98.0 cm³/mol. The highest BCUT2D eigenvalue weighted by molar-refractivity contribution is 5.91. The molecule has 1 aromatic carbocycles. The zero-order valence-corrected chi connectivity index (χ0v) is 14.6. The predicted octanol–water partition coefficient (Wildman–Crippen LogP) is 4.14. The van der Waals surface area contributed by atoms with Gasteiger partial charge in [0.1, 0.15) is 11.5 Å². The van der Waals surface area contributed by atoms with Crippen LogP contribution in [0.15, 0.2) is 53.0 Å². The molecule has 1 saturated carbocycles. The number of hydrogen-bond acceptors (Lipinski definition) is 3. The number of amides is 1. The molecule has 1 amide bonds. The molecule has 1 aromatic heterocycles. The van der Waals surface area contributed by atoms with Crippen LogP contribution in [0.3, 0.4) is 0 Å². The standard InChI is InChI=1S/C21H25NO3/c1-16-14-19(16)20-10-8-18(25-20)9-11-21(23)22-12-5-13-24-15-17-6-3-2-4-7-17/h2-4,6-11,16,19H,5,12-15H2,1H3,(H,22,23)/b11-9+/t16-,19-/m0/s1. The van der Waals surface area contributed by atoms with Crippen LogP contribution in [-0.2, 0) is 16.1 Å². The number of rotatable bonds is 9. The van der Waals surface area contributed by atoms with Crippen molar-refractivity contribution in [3.63, 3.8) is 0 Å². The van der Waals surface area contributed by atoms with Crippen molar-refractivity contribution in [1.29, 1.82) is 0 Å². The van der Waals surface area contributed by atoms with E-state index in [-0.39, 0.29) is 5.91 Å². The van der Waals surface area contributed by atoms with Crippen LogP contribution >= 0.6 is 0 Å².